The summed E-state index contributed by atoms with van der Waals surface area (Å²) in [5.74, 6) is -0.365. The van der Waals surface area contributed by atoms with Gasteiger partial charge in [-0.2, -0.15) is 0 Å². The van der Waals surface area contributed by atoms with Crippen molar-refractivity contribution in [2.24, 2.45) is 5.92 Å². The van der Waals surface area contributed by atoms with Gasteiger partial charge >= 0.3 is 12.0 Å². The van der Waals surface area contributed by atoms with Crippen LogP contribution >= 0.6 is 0 Å². The lowest BCUT2D eigenvalue weighted by Crippen LogP contribution is -2.49. The topological polar surface area (TPSA) is 70.1 Å². The number of hydrogen-bond acceptors (Lipinski definition) is 3. The molecule has 6 heteroatoms. The molecular weight excluding hydrogens is 260 g/mol. The number of rotatable bonds is 5. The minimum absolute atomic E-state index is 0.140. The molecule has 0 radical (unpaired) electrons. The highest BCUT2D eigenvalue weighted by molar-refractivity contribution is 5.80. The molecular formula is C14H24N2O4. The minimum Gasteiger partial charge on any atom is -0.480 e. The fourth-order valence-electron chi connectivity index (χ4n) is 3.43. The number of carboxylic acids is 1. The van der Waals surface area contributed by atoms with E-state index in [2.05, 4.69) is 0 Å². The van der Waals surface area contributed by atoms with Gasteiger partial charge < -0.3 is 19.6 Å². The molecule has 2 fully saturated rings. The van der Waals surface area contributed by atoms with Gasteiger partial charge in [0.25, 0.3) is 0 Å². The highest BCUT2D eigenvalue weighted by atomic mass is 16.5. The third-order valence-electron chi connectivity index (χ3n) is 4.42. The highest BCUT2D eigenvalue weighted by Crippen LogP contribution is 2.36. The third-order valence-corrected chi connectivity index (χ3v) is 4.42. The van der Waals surface area contributed by atoms with Crippen LogP contribution in [-0.2, 0) is 9.53 Å². The molecule has 0 spiro atoms. The number of carbonyl (C=O) groups is 2. The van der Waals surface area contributed by atoms with Gasteiger partial charge in [-0.1, -0.05) is 12.8 Å². The maximum atomic E-state index is 12.6. The lowest BCUT2D eigenvalue weighted by atomic mass is 9.85. The molecule has 2 rings (SSSR count). The van der Waals surface area contributed by atoms with Crippen LogP contribution < -0.4 is 0 Å². The van der Waals surface area contributed by atoms with Crippen LogP contribution in [0.5, 0.6) is 0 Å². The summed E-state index contributed by atoms with van der Waals surface area (Å²) in [6.45, 7) is 1.20. The Hall–Kier alpha value is -1.30. The zero-order valence-electron chi connectivity index (χ0n) is 12.1. The van der Waals surface area contributed by atoms with Crippen molar-refractivity contribution in [2.45, 2.75) is 38.1 Å². The van der Waals surface area contributed by atoms with Crippen LogP contribution in [0, 0.1) is 5.92 Å². The van der Waals surface area contributed by atoms with Crippen molar-refractivity contribution < 1.29 is 19.4 Å². The van der Waals surface area contributed by atoms with Crippen LogP contribution in [0.4, 0.5) is 4.79 Å². The molecule has 1 saturated heterocycles. The average Bonchev–Trinajstić information content (AvgIpc) is 2.86. The number of carboxylic acid groups (broad SMARTS) is 1. The van der Waals surface area contributed by atoms with E-state index in [1.807, 2.05) is 4.90 Å². The Morgan fingerprint density at radius 2 is 2.05 bits per heavy atom. The summed E-state index contributed by atoms with van der Waals surface area (Å²) in [4.78, 5) is 26.8. The van der Waals surface area contributed by atoms with E-state index in [1.165, 1.54) is 24.2 Å². The first kappa shape index (κ1) is 15.1. The molecule has 0 aromatic carbocycles. The van der Waals surface area contributed by atoms with Gasteiger partial charge in [0, 0.05) is 26.2 Å². The van der Waals surface area contributed by atoms with Crippen LogP contribution in [0.1, 0.15) is 32.1 Å². The molecule has 6 nitrogen and oxygen atoms in total. The first-order valence-electron chi connectivity index (χ1n) is 7.39. The van der Waals surface area contributed by atoms with Crippen molar-refractivity contribution in [3.05, 3.63) is 0 Å². The number of nitrogens with zero attached hydrogens (tertiary/aromatic N) is 2. The van der Waals surface area contributed by atoms with Gasteiger partial charge in [-0.3, -0.25) is 4.79 Å². The van der Waals surface area contributed by atoms with E-state index in [0.29, 0.717) is 25.1 Å². The molecule has 0 aromatic heterocycles. The summed E-state index contributed by atoms with van der Waals surface area (Å²) in [5, 5.41) is 8.95. The second-order valence-corrected chi connectivity index (χ2v) is 5.68. The van der Waals surface area contributed by atoms with E-state index in [-0.39, 0.29) is 12.6 Å². The lowest BCUT2D eigenvalue weighted by Gasteiger charge is -2.34. The normalized spacial score (nSPS) is 25.4. The number of urea groups is 1. The Kier molecular flexibility index (Phi) is 5.23. The third kappa shape index (κ3) is 3.42. The van der Waals surface area contributed by atoms with Crippen molar-refractivity contribution in [2.75, 3.05) is 33.4 Å². The van der Waals surface area contributed by atoms with Crippen LogP contribution in [-0.4, -0.2) is 66.3 Å². The van der Waals surface area contributed by atoms with Crippen LogP contribution in [0.2, 0.25) is 0 Å². The zero-order valence-corrected chi connectivity index (χ0v) is 12.1. The molecule has 2 amide bonds. The molecule has 1 heterocycles. The summed E-state index contributed by atoms with van der Waals surface area (Å²) in [6.07, 6.45) is 5.74. The predicted molar refractivity (Wildman–Crippen MR) is 73.5 cm³/mol. The number of aliphatic carboxylic acids is 1. The van der Waals surface area contributed by atoms with Crippen LogP contribution in [0.25, 0.3) is 0 Å². The summed E-state index contributed by atoms with van der Waals surface area (Å²) < 4.78 is 4.97. The summed E-state index contributed by atoms with van der Waals surface area (Å²) in [5.41, 5.74) is 0. The fourth-order valence-corrected chi connectivity index (χ4v) is 3.43. The second-order valence-electron chi connectivity index (χ2n) is 5.68. The Morgan fingerprint density at radius 3 is 2.75 bits per heavy atom. The summed E-state index contributed by atoms with van der Waals surface area (Å²) in [7, 11) is 1.55. The Bertz CT molecular complexity index is 361. The van der Waals surface area contributed by atoms with Gasteiger partial charge in [0.1, 0.15) is 6.54 Å². The van der Waals surface area contributed by atoms with E-state index in [9.17, 15) is 9.59 Å². The number of amides is 2. The van der Waals surface area contributed by atoms with Crippen molar-refractivity contribution in [1.29, 1.82) is 0 Å². The monoisotopic (exact) mass is 284 g/mol. The van der Waals surface area contributed by atoms with Gasteiger partial charge in [-0.05, 0) is 25.2 Å². The van der Waals surface area contributed by atoms with Crippen LogP contribution in [0.3, 0.4) is 0 Å². The molecule has 1 aliphatic carbocycles. The lowest BCUT2D eigenvalue weighted by molar-refractivity contribution is -0.137. The summed E-state index contributed by atoms with van der Waals surface area (Å²) in [6, 6.07) is 0.175. The predicted octanol–water partition coefficient (Wildman–Crippen LogP) is 1.40. The first-order valence-corrected chi connectivity index (χ1v) is 7.39. The van der Waals surface area contributed by atoms with E-state index in [0.717, 1.165) is 19.4 Å². The van der Waals surface area contributed by atoms with Gasteiger partial charge in [0.15, 0.2) is 0 Å². The molecule has 0 aromatic rings. The van der Waals surface area contributed by atoms with Gasteiger partial charge in [-0.25, -0.2) is 4.79 Å². The molecule has 1 aliphatic heterocycles. The minimum atomic E-state index is -0.978. The number of carbonyl (C=O) groups excluding carboxylic acids is 1. The smallest absolute Gasteiger partial charge is 0.323 e. The van der Waals surface area contributed by atoms with Gasteiger partial charge in [0.2, 0.25) is 0 Å². The zero-order chi connectivity index (χ0) is 14.5. The maximum absolute atomic E-state index is 12.6. The number of likely N-dealkylation sites (tertiary alicyclic amines) is 1. The van der Waals surface area contributed by atoms with E-state index < -0.39 is 5.97 Å². The number of hydrogen-bond donors (Lipinski definition) is 1. The molecule has 2 unspecified atom stereocenters. The van der Waals surface area contributed by atoms with Gasteiger partial charge in [0.05, 0.1) is 6.61 Å². The average molecular weight is 284 g/mol. The quantitative estimate of drug-likeness (QED) is 0.828. The largest absolute Gasteiger partial charge is 0.480 e. The van der Waals surface area contributed by atoms with Gasteiger partial charge in [-0.15, -0.1) is 0 Å². The molecule has 0 bridgehead atoms. The van der Waals surface area contributed by atoms with Crippen LogP contribution in [0.15, 0.2) is 0 Å². The standard InChI is InChI=1S/C14H24N2O4/c1-20-9-8-15(10-13(17)18)14(19)16-7-6-11-4-2-3-5-12(11)16/h11-12H,2-10H2,1H3,(H,17,18). The maximum Gasteiger partial charge on any atom is 0.323 e. The Labute approximate surface area is 119 Å². The molecule has 114 valence electrons. The molecule has 1 N–H and O–H groups in total. The Morgan fingerprint density at radius 1 is 1.30 bits per heavy atom. The molecule has 2 aliphatic rings. The molecule has 1 saturated carbocycles. The number of methoxy groups -OCH3 is 1. The van der Waals surface area contributed by atoms with E-state index in [1.54, 1.807) is 7.11 Å². The first-order chi connectivity index (χ1) is 9.63. The van der Waals surface area contributed by atoms with E-state index in [4.69, 9.17) is 9.84 Å². The van der Waals surface area contributed by atoms with Crippen molar-refractivity contribution >= 4 is 12.0 Å². The van der Waals surface area contributed by atoms with Crippen molar-refractivity contribution in [3.63, 3.8) is 0 Å². The van der Waals surface area contributed by atoms with Crippen molar-refractivity contribution in [1.82, 2.24) is 9.80 Å². The van der Waals surface area contributed by atoms with E-state index >= 15 is 0 Å². The molecule has 20 heavy (non-hydrogen) atoms. The number of fused-ring (bicyclic) bond motifs is 1. The summed E-state index contributed by atoms with van der Waals surface area (Å²) >= 11 is 0. The van der Waals surface area contributed by atoms with Crippen molar-refractivity contribution in [3.8, 4) is 0 Å². The number of ether oxygens (including phenoxy) is 1. The fraction of sp³-hybridized carbons (Fsp3) is 0.857. The SMILES string of the molecule is COCCN(CC(=O)O)C(=O)N1CCC2CCCCC21. The second kappa shape index (κ2) is 6.92. The Balaban J connectivity index is 2.00. The highest BCUT2D eigenvalue weighted by Gasteiger charge is 2.39. The molecule has 2 atom stereocenters.